The average Bonchev–Trinajstić information content (AvgIpc) is 2.73. The van der Waals surface area contributed by atoms with Crippen LogP contribution in [-0.2, 0) is 19.6 Å². The normalized spacial score (nSPS) is 12.0. The molecule has 2 rings (SSSR count). The maximum atomic E-state index is 12.9. The number of hydrogen-bond acceptors (Lipinski definition) is 6. The summed E-state index contributed by atoms with van der Waals surface area (Å²) in [4.78, 5) is 23.9. The number of hydrogen-bond donors (Lipinski definition) is 1. The van der Waals surface area contributed by atoms with Gasteiger partial charge in [-0.1, -0.05) is 12.1 Å². The molecule has 0 aliphatic carbocycles. The number of sulfonamides is 1. The van der Waals surface area contributed by atoms with E-state index in [2.05, 4.69) is 5.32 Å². The highest BCUT2D eigenvalue weighted by molar-refractivity contribution is 7.92. The van der Waals surface area contributed by atoms with E-state index in [1.165, 1.54) is 45.3 Å². The van der Waals surface area contributed by atoms with Crippen LogP contribution in [0.15, 0.2) is 53.4 Å². The molecule has 2 aromatic carbocycles. The summed E-state index contributed by atoms with van der Waals surface area (Å²) in [5.41, 5.74) is 0.522. The van der Waals surface area contributed by atoms with Crippen LogP contribution in [0, 0.1) is 0 Å². The summed E-state index contributed by atoms with van der Waals surface area (Å²) in [6, 6.07) is 12.1. The predicted octanol–water partition coefficient (Wildman–Crippen LogP) is 2.20. The zero-order valence-electron chi connectivity index (χ0n) is 16.7. The first-order chi connectivity index (χ1) is 13.7. The third kappa shape index (κ3) is 5.05. The number of nitrogens with one attached hydrogen (secondary N) is 1. The van der Waals surface area contributed by atoms with Crippen LogP contribution in [0.1, 0.15) is 24.2 Å². The van der Waals surface area contributed by atoms with Gasteiger partial charge in [0.25, 0.3) is 15.9 Å². The number of benzene rings is 2. The molecule has 9 heteroatoms. The van der Waals surface area contributed by atoms with Crippen molar-refractivity contribution in [3.63, 3.8) is 0 Å². The number of amides is 1. The predicted molar refractivity (Wildman–Crippen MR) is 109 cm³/mol. The molecule has 0 saturated carbocycles. The molecule has 1 amide bonds. The first-order valence-corrected chi connectivity index (χ1v) is 10.4. The molecule has 0 aliphatic rings. The summed E-state index contributed by atoms with van der Waals surface area (Å²) in [6.07, 6.45) is -0.956. The maximum Gasteiger partial charge on any atom is 0.338 e. The van der Waals surface area contributed by atoms with Gasteiger partial charge in [-0.05, 0) is 50.2 Å². The highest BCUT2D eigenvalue weighted by Gasteiger charge is 2.24. The van der Waals surface area contributed by atoms with E-state index in [0.717, 1.165) is 4.31 Å². The molecule has 1 N–H and O–H groups in total. The molecule has 0 saturated heterocycles. The van der Waals surface area contributed by atoms with Crippen molar-refractivity contribution in [2.45, 2.75) is 24.8 Å². The Hall–Kier alpha value is -3.07. The fourth-order valence-corrected chi connectivity index (χ4v) is 3.75. The molecular weight excluding hydrogens is 396 g/mol. The van der Waals surface area contributed by atoms with Gasteiger partial charge >= 0.3 is 5.97 Å². The third-order valence-electron chi connectivity index (χ3n) is 4.18. The Morgan fingerprint density at radius 3 is 2.31 bits per heavy atom. The summed E-state index contributed by atoms with van der Waals surface area (Å²) in [6.45, 7) is 3.64. The standard InChI is InChI=1S/C20H24N2O6S/c1-5-21-19(23)14(2)28-20(24)15-10-12-16(13-11-15)29(25,26)22(3)17-8-6-7-9-18(17)27-4/h6-14H,5H2,1-4H3,(H,21,23)/t14-/m1/s1. The summed E-state index contributed by atoms with van der Waals surface area (Å²) < 4.78 is 37.3. The molecule has 156 valence electrons. The lowest BCUT2D eigenvalue weighted by molar-refractivity contribution is -0.128. The molecule has 0 radical (unpaired) electrons. The fourth-order valence-electron chi connectivity index (χ4n) is 2.54. The average molecular weight is 420 g/mol. The molecule has 2 aromatic rings. The van der Waals surface area contributed by atoms with Crippen molar-refractivity contribution in [3.8, 4) is 5.75 Å². The third-order valence-corrected chi connectivity index (χ3v) is 5.96. The SMILES string of the molecule is CCNC(=O)[C@@H](C)OC(=O)c1ccc(S(=O)(=O)N(C)c2ccccc2OC)cc1. The van der Waals surface area contributed by atoms with Crippen molar-refractivity contribution in [2.75, 3.05) is 25.0 Å². The maximum absolute atomic E-state index is 12.9. The van der Waals surface area contributed by atoms with Crippen LogP contribution < -0.4 is 14.4 Å². The number of anilines is 1. The molecule has 0 bridgehead atoms. The monoisotopic (exact) mass is 420 g/mol. The summed E-state index contributed by atoms with van der Waals surface area (Å²) >= 11 is 0. The van der Waals surface area contributed by atoms with Crippen LogP contribution in [-0.4, -0.2) is 47.1 Å². The van der Waals surface area contributed by atoms with Crippen LogP contribution in [0.2, 0.25) is 0 Å². The van der Waals surface area contributed by atoms with Crippen molar-refractivity contribution in [1.82, 2.24) is 5.32 Å². The zero-order valence-corrected chi connectivity index (χ0v) is 17.5. The Bertz CT molecular complexity index is 973. The highest BCUT2D eigenvalue weighted by Crippen LogP contribution is 2.30. The minimum Gasteiger partial charge on any atom is -0.495 e. The number of esters is 1. The van der Waals surface area contributed by atoms with Gasteiger partial charge in [-0.3, -0.25) is 9.10 Å². The van der Waals surface area contributed by atoms with Crippen LogP contribution in [0.25, 0.3) is 0 Å². The minimum atomic E-state index is -3.87. The van der Waals surface area contributed by atoms with Crippen LogP contribution in [0.3, 0.4) is 0 Å². The Balaban J connectivity index is 2.20. The molecular formula is C20H24N2O6S. The summed E-state index contributed by atoms with van der Waals surface area (Å²) in [7, 11) is -0.994. The van der Waals surface area contributed by atoms with Gasteiger partial charge in [0.15, 0.2) is 6.10 Å². The summed E-state index contributed by atoms with van der Waals surface area (Å²) in [5, 5.41) is 2.56. The number of carbonyl (C=O) groups excluding carboxylic acids is 2. The van der Waals surface area contributed by atoms with Gasteiger partial charge in [0.1, 0.15) is 5.75 Å². The van der Waals surface area contributed by atoms with E-state index in [9.17, 15) is 18.0 Å². The van der Waals surface area contributed by atoms with Crippen molar-refractivity contribution in [1.29, 1.82) is 0 Å². The van der Waals surface area contributed by atoms with Crippen LogP contribution in [0.4, 0.5) is 5.69 Å². The smallest absolute Gasteiger partial charge is 0.338 e. The van der Waals surface area contributed by atoms with E-state index in [0.29, 0.717) is 18.0 Å². The number of rotatable bonds is 8. The number of carbonyl (C=O) groups is 2. The Labute approximate surface area is 170 Å². The number of ether oxygens (including phenoxy) is 2. The quantitative estimate of drug-likeness (QED) is 0.657. The van der Waals surface area contributed by atoms with E-state index in [1.807, 2.05) is 0 Å². The van der Waals surface area contributed by atoms with Gasteiger partial charge in [0.05, 0.1) is 23.3 Å². The van der Waals surface area contributed by atoms with Crippen molar-refractivity contribution >= 4 is 27.6 Å². The number of para-hydroxylation sites is 2. The van der Waals surface area contributed by atoms with E-state index in [4.69, 9.17) is 9.47 Å². The second-order valence-electron chi connectivity index (χ2n) is 6.11. The Morgan fingerprint density at radius 1 is 1.10 bits per heavy atom. The van der Waals surface area contributed by atoms with E-state index in [-0.39, 0.29) is 10.5 Å². The van der Waals surface area contributed by atoms with Crippen LogP contribution in [0.5, 0.6) is 5.75 Å². The first kappa shape index (κ1) is 22.2. The van der Waals surface area contributed by atoms with Gasteiger partial charge in [-0.25, -0.2) is 13.2 Å². The molecule has 0 unspecified atom stereocenters. The molecule has 0 aliphatic heterocycles. The van der Waals surface area contributed by atoms with E-state index >= 15 is 0 Å². The van der Waals surface area contributed by atoms with Gasteiger partial charge in [-0.15, -0.1) is 0 Å². The minimum absolute atomic E-state index is 0.000712. The van der Waals surface area contributed by atoms with E-state index in [1.54, 1.807) is 31.2 Å². The lowest BCUT2D eigenvalue weighted by atomic mass is 10.2. The van der Waals surface area contributed by atoms with Crippen molar-refractivity contribution in [3.05, 3.63) is 54.1 Å². The van der Waals surface area contributed by atoms with Crippen molar-refractivity contribution < 1.29 is 27.5 Å². The fraction of sp³-hybridized carbons (Fsp3) is 0.300. The lowest BCUT2D eigenvalue weighted by Crippen LogP contribution is -2.35. The molecule has 8 nitrogen and oxygen atoms in total. The lowest BCUT2D eigenvalue weighted by Gasteiger charge is -2.21. The zero-order chi connectivity index (χ0) is 21.6. The van der Waals surface area contributed by atoms with E-state index < -0.39 is 28.0 Å². The second-order valence-corrected chi connectivity index (χ2v) is 8.08. The number of methoxy groups -OCH3 is 1. The largest absolute Gasteiger partial charge is 0.495 e. The molecule has 0 fully saturated rings. The van der Waals surface area contributed by atoms with Gasteiger partial charge in [0, 0.05) is 13.6 Å². The topological polar surface area (TPSA) is 102 Å². The molecule has 0 spiro atoms. The van der Waals surface area contributed by atoms with Crippen molar-refractivity contribution in [2.24, 2.45) is 0 Å². The Morgan fingerprint density at radius 2 is 1.72 bits per heavy atom. The first-order valence-electron chi connectivity index (χ1n) is 8.93. The molecule has 29 heavy (non-hydrogen) atoms. The second kappa shape index (κ2) is 9.42. The summed E-state index contributed by atoms with van der Waals surface area (Å²) in [5.74, 6) is -0.706. The molecule has 0 aromatic heterocycles. The number of likely N-dealkylation sites (N-methyl/N-ethyl adjacent to an activating group) is 1. The highest BCUT2D eigenvalue weighted by atomic mass is 32.2. The Kier molecular flexibility index (Phi) is 7.22. The molecule has 1 atom stereocenters. The number of nitrogens with zero attached hydrogens (tertiary/aromatic N) is 1. The van der Waals surface area contributed by atoms with Crippen LogP contribution >= 0.6 is 0 Å². The molecule has 0 heterocycles. The van der Waals surface area contributed by atoms with Gasteiger partial charge < -0.3 is 14.8 Å². The van der Waals surface area contributed by atoms with Gasteiger partial charge in [0.2, 0.25) is 0 Å². The van der Waals surface area contributed by atoms with Gasteiger partial charge in [-0.2, -0.15) is 0 Å².